The van der Waals surface area contributed by atoms with Crippen LogP contribution in [0.15, 0.2) is 80.6 Å². The number of nitrogens with two attached hydrogens (primary N) is 1. The van der Waals surface area contributed by atoms with Crippen LogP contribution >= 0.6 is 54.5 Å². The van der Waals surface area contributed by atoms with E-state index >= 15 is 0 Å². The maximum Gasteiger partial charge on any atom is 0.407 e. The molecule has 400 valence electrons. The molecule has 3 aliphatic rings. The van der Waals surface area contributed by atoms with Gasteiger partial charge in [-0.05, 0) is 183 Å². The van der Waals surface area contributed by atoms with Crippen LogP contribution in [0.2, 0.25) is 0 Å². The zero-order valence-corrected chi connectivity index (χ0v) is 46.7. The van der Waals surface area contributed by atoms with Gasteiger partial charge < -0.3 is 41.0 Å². The first kappa shape index (κ1) is 57.0. The first-order valence-electron chi connectivity index (χ1n) is 24.1. The molecule has 74 heavy (non-hydrogen) atoms. The number of nitrogens with zero attached hydrogens (tertiary/aromatic N) is 2. The molecule has 14 nitrogen and oxygen atoms in total. The Morgan fingerprint density at radius 3 is 1.76 bits per heavy atom. The quantitative estimate of drug-likeness (QED) is 0.0431. The van der Waals surface area contributed by atoms with Gasteiger partial charge in [0.2, 0.25) is 0 Å². The number of fused-ring (bicyclic) bond motifs is 2. The summed E-state index contributed by atoms with van der Waals surface area (Å²) in [6, 6.07) is 9.45. The van der Waals surface area contributed by atoms with Crippen LogP contribution in [0.4, 0.5) is 27.2 Å². The minimum Gasteiger partial charge on any atom is -0.444 e. The van der Waals surface area contributed by atoms with E-state index in [1.807, 2.05) is 17.8 Å². The van der Waals surface area contributed by atoms with Crippen molar-refractivity contribution in [2.24, 2.45) is 5.73 Å². The van der Waals surface area contributed by atoms with E-state index in [-0.39, 0.29) is 37.1 Å². The number of H-pyrrole nitrogens is 2. The van der Waals surface area contributed by atoms with Gasteiger partial charge in [0.05, 0.1) is 48.3 Å². The van der Waals surface area contributed by atoms with Crippen molar-refractivity contribution in [3.63, 3.8) is 0 Å². The van der Waals surface area contributed by atoms with Crippen molar-refractivity contribution in [2.75, 3.05) is 13.2 Å². The van der Waals surface area contributed by atoms with Crippen LogP contribution in [0.5, 0.6) is 0 Å². The van der Waals surface area contributed by atoms with Gasteiger partial charge in [-0.2, -0.15) is 10.2 Å². The Hall–Kier alpha value is -4.68. The number of epoxide rings is 1. The highest BCUT2D eigenvalue weighted by molar-refractivity contribution is 9.10. The molecule has 4 aromatic heterocycles. The number of hydrogen-bond donors (Lipinski definition) is 7. The van der Waals surface area contributed by atoms with Gasteiger partial charge in [-0.1, -0.05) is 0 Å². The molecule has 1 fully saturated rings. The van der Waals surface area contributed by atoms with Crippen LogP contribution in [-0.4, -0.2) is 86.3 Å². The molecule has 0 saturated carbocycles. The number of aliphatic hydroxyl groups excluding tert-OH is 1. The molecule has 0 bridgehead atoms. The Bertz CT molecular complexity index is 2820. The molecular formula is C52H62Br2F4N8O6S2. The molecule has 5 heterocycles. The van der Waals surface area contributed by atoms with Gasteiger partial charge in [0.25, 0.3) is 0 Å². The predicted molar refractivity (Wildman–Crippen MR) is 283 cm³/mol. The smallest absolute Gasteiger partial charge is 0.407 e. The fourth-order valence-electron chi connectivity index (χ4n) is 8.91. The third-order valence-electron chi connectivity index (χ3n) is 12.4. The SMILES string of the molecule is CC(C)(C)OC(=O)N[C@@H](Cc1cc(F)cc(F)c1)[C@H](O)CNC1(c2cc(Br)cs2)CCc2[nH]ncc2C1.CC(C)(C)OC(=O)N[C@@H](Cc1cc(F)cc(F)c1)[C@H]1CO1.NC1(c2cc(Br)cs2)CCc2[nH]ncc2C1. The van der Waals surface area contributed by atoms with Gasteiger partial charge in [0, 0.05) is 59.5 Å². The van der Waals surface area contributed by atoms with E-state index in [4.69, 9.17) is 19.9 Å². The van der Waals surface area contributed by atoms with Crippen LogP contribution in [-0.2, 0) is 63.8 Å². The van der Waals surface area contributed by atoms with Gasteiger partial charge in [-0.15, -0.1) is 22.7 Å². The molecule has 1 aliphatic heterocycles. The summed E-state index contributed by atoms with van der Waals surface area (Å²) >= 11 is 10.4. The number of carbonyl (C=O) groups is 2. The zero-order valence-electron chi connectivity index (χ0n) is 41.9. The predicted octanol–water partition coefficient (Wildman–Crippen LogP) is 10.4. The molecule has 22 heteroatoms. The second kappa shape index (κ2) is 24.1. The number of aryl methyl sites for hydroxylation is 2. The fourth-order valence-corrected chi connectivity index (χ4v) is 12.1. The Morgan fingerprint density at radius 2 is 1.26 bits per heavy atom. The molecule has 2 unspecified atom stereocenters. The molecule has 0 spiro atoms. The number of aliphatic hydroxyl groups is 1. The lowest BCUT2D eigenvalue weighted by Crippen LogP contribution is -2.54. The molecular weight excluding hydrogens is 1130 g/mol. The number of aromatic amines is 2. The topological polar surface area (TPSA) is 205 Å². The normalized spacial score (nSPS) is 20.3. The van der Waals surface area contributed by atoms with E-state index in [0.29, 0.717) is 24.2 Å². The summed E-state index contributed by atoms with van der Waals surface area (Å²) in [6.07, 6.45) is 6.60. The summed E-state index contributed by atoms with van der Waals surface area (Å²) in [5.74, 6) is -2.73. The molecule has 8 N–H and O–H groups in total. The van der Waals surface area contributed by atoms with E-state index < -0.39 is 64.3 Å². The van der Waals surface area contributed by atoms with E-state index in [2.05, 4.69) is 85.7 Å². The van der Waals surface area contributed by atoms with Crippen molar-refractivity contribution in [3.8, 4) is 0 Å². The number of carbonyl (C=O) groups excluding carboxylic acids is 2. The monoisotopic (exact) mass is 1190 g/mol. The summed E-state index contributed by atoms with van der Waals surface area (Å²) in [5.41, 5.74) is 10.00. The van der Waals surface area contributed by atoms with Crippen molar-refractivity contribution >= 4 is 66.7 Å². The first-order valence-corrected chi connectivity index (χ1v) is 27.4. The number of hydrogen-bond acceptors (Lipinski definition) is 12. The Balaban J connectivity index is 0.000000181. The lowest BCUT2D eigenvalue weighted by molar-refractivity contribution is 0.0410. The van der Waals surface area contributed by atoms with Gasteiger partial charge in [0.1, 0.15) is 40.6 Å². The van der Waals surface area contributed by atoms with Crippen molar-refractivity contribution < 1.29 is 46.5 Å². The Labute approximate surface area is 452 Å². The van der Waals surface area contributed by atoms with Crippen LogP contribution < -0.4 is 21.7 Å². The lowest BCUT2D eigenvalue weighted by atomic mass is 9.79. The summed E-state index contributed by atoms with van der Waals surface area (Å²) in [4.78, 5) is 26.7. The van der Waals surface area contributed by atoms with E-state index in [1.54, 1.807) is 64.2 Å². The standard InChI is InChI=1S/C26H31BrF2N4O3S.C15H19F2NO3.C11H12BrN3S/c1-25(2,3)36-24(35)32-21(8-15-6-18(28)10-19(29)7-15)22(34)13-30-26(23-9-17(27)14-37-23)5-4-20-16(11-26)12-31-33-20;1-15(2,3)21-14(19)18-12(13-8-20-13)6-9-4-10(16)7-11(17)5-9;12-8-3-10(16-6-8)11(13)2-1-9-7(4-11)5-14-15-9/h6-7,9-10,12,14,21-22,30,34H,4-5,8,11,13H2,1-3H3,(H,31,33)(H,32,35);4-5,7,12-13H,6,8H2,1-3H3,(H,18,19);3,5-6H,1-2,4,13H2,(H,14,15)/t21-,22+,26?;12-,13+;/m00./s1. The van der Waals surface area contributed by atoms with Crippen LogP contribution in [0.3, 0.4) is 0 Å². The van der Waals surface area contributed by atoms with Crippen molar-refractivity contribution in [1.82, 2.24) is 36.3 Å². The summed E-state index contributed by atoms with van der Waals surface area (Å²) in [7, 11) is 0. The second-order valence-corrected chi connectivity index (χ2v) is 24.5. The molecule has 1 saturated heterocycles. The average molecular weight is 1200 g/mol. The number of thiophene rings is 2. The number of alkyl carbamates (subject to hydrolysis) is 2. The molecule has 6 aromatic rings. The number of benzene rings is 2. The number of halogens is 6. The van der Waals surface area contributed by atoms with Crippen molar-refractivity contribution in [1.29, 1.82) is 0 Å². The molecule has 2 aliphatic carbocycles. The van der Waals surface area contributed by atoms with E-state index in [1.165, 1.54) is 40.4 Å². The van der Waals surface area contributed by atoms with Gasteiger partial charge in [-0.3, -0.25) is 10.2 Å². The maximum atomic E-state index is 13.9. The van der Waals surface area contributed by atoms with Crippen LogP contribution in [0.1, 0.15) is 97.8 Å². The largest absolute Gasteiger partial charge is 0.444 e. The highest BCUT2D eigenvalue weighted by Gasteiger charge is 2.40. The van der Waals surface area contributed by atoms with Crippen molar-refractivity contribution in [2.45, 2.75) is 139 Å². The number of amides is 2. The number of aromatic nitrogens is 4. The van der Waals surface area contributed by atoms with Gasteiger partial charge in [0.15, 0.2) is 0 Å². The van der Waals surface area contributed by atoms with Crippen LogP contribution in [0.25, 0.3) is 0 Å². The highest BCUT2D eigenvalue weighted by Crippen LogP contribution is 2.41. The van der Waals surface area contributed by atoms with Crippen molar-refractivity contribution in [3.05, 3.63) is 147 Å². The average Bonchev–Trinajstić information content (AvgIpc) is 3.62. The van der Waals surface area contributed by atoms with E-state index in [9.17, 15) is 32.3 Å². The summed E-state index contributed by atoms with van der Waals surface area (Å²) in [6.45, 7) is 11.1. The molecule has 9 rings (SSSR count). The van der Waals surface area contributed by atoms with E-state index in [0.717, 1.165) is 69.3 Å². The summed E-state index contributed by atoms with van der Waals surface area (Å²) in [5, 5.41) is 38.7. The molecule has 6 atom stereocenters. The minimum atomic E-state index is -1.08. The number of rotatable bonds is 13. The third kappa shape index (κ3) is 16.4. The Kier molecular flexibility index (Phi) is 18.6. The number of ether oxygens (including phenoxy) is 3. The van der Waals surface area contributed by atoms with Gasteiger partial charge in [-0.25, -0.2) is 27.2 Å². The second-order valence-electron chi connectivity index (χ2n) is 20.9. The van der Waals surface area contributed by atoms with Crippen LogP contribution in [0, 0.1) is 23.3 Å². The summed E-state index contributed by atoms with van der Waals surface area (Å²) < 4.78 is 71.9. The highest BCUT2D eigenvalue weighted by atomic mass is 79.9. The fraction of sp³-hybridized carbons (Fsp3) is 0.462. The zero-order chi connectivity index (χ0) is 53.6. The molecule has 0 radical (unpaired) electrons. The Morgan fingerprint density at radius 1 is 0.770 bits per heavy atom. The first-order chi connectivity index (χ1) is 34.8. The lowest BCUT2D eigenvalue weighted by Gasteiger charge is -2.39. The maximum absolute atomic E-state index is 13.9. The third-order valence-corrected chi connectivity index (χ3v) is 16.2. The van der Waals surface area contributed by atoms with Gasteiger partial charge >= 0.3 is 12.2 Å². The minimum absolute atomic E-state index is 0.0141. The molecule has 2 aromatic carbocycles. The molecule has 2 amide bonds. The number of nitrogens with one attached hydrogen (secondary N) is 5.